The Morgan fingerprint density at radius 1 is 1.35 bits per heavy atom. The summed E-state index contributed by atoms with van der Waals surface area (Å²) in [7, 11) is 0. The van der Waals surface area contributed by atoms with Crippen molar-refractivity contribution in [1.82, 2.24) is 0 Å². The first kappa shape index (κ1) is 14.1. The monoisotopic (exact) mass is 275 g/mol. The lowest BCUT2D eigenvalue weighted by Crippen LogP contribution is -2.00. The molecule has 0 fully saturated rings. The number of ether oxygens (including phenoxy) is 1. The highest BCUT2D eigenvalue weighted by Crippen LogP contribution is 2.29. The van der Waals surface area contributed by atoms with Crippen molar-refractivity contribution in [3.8, 4) is 5.75 Å². The molecular formula is C11H14ClNO3S. The van der Waals surface area contributed by atoms with Gasteiger partial charge in [-0.3, -0.25) is 10.1 Å². The standard InChI is InChI=1S/C11H14ClNO3S/c12-9-4-5-11(10(8-9)13(14)15)16-6-2-1-3-7-17/h4-5,8,17H,1-3,6-7H2. The van der Waals surface area contributed by atoms with Crippen LogP contribution >= 0.6 is 24.2 Å². The number of hydrogen-bond acceptors (Lipinski definition) is 4. The van der Waals surface area contributed by atoms with Crippen LogP contribution in [0.1, 0.15) is 19.3 Å². The van der Waals surface area contributed by atoms with Crippen molar-refractivity contribution in [1.29, 1.82) is 0 Å². The molecule has 0 spiro atoms. The normalized spacial score (nSPS) is 10.2. The van der Waals surface area contributed by atoms with Gasteiger partial charge in [-0.15, -0.1) is 0 Å². The van der Waals surface area contributed by atoms with Crippen molar-refractivity contribution in [2.24, 2.45) is 0 Å². The Labute approximate surface area is 110 Å². The molecule has 1 rings (SSSR count). The number of hydrogen-bond donors (Lipinski definition) is 1. The van der Waals surface area contributed by atoms with Gasteiger partial charge in [-0.2, -0.15) is 12.6 Å². The second-order valence-corrected chi connectivity index (χ2v) is 4.39. The molecule has 0 aliphatic rings. The fourth-order valence-electron chi connectivity index (χ4n) is 1.33. The summed E-state index contributed by atoms with van der Waals surface area (Å²) in [6.45, 7) is 0.469. The van der Waals surface area contributed by atoms with Gasteiger partial charge in [0, 0.05) is 11.1 Å². The highest BCUT2D eigenvalue weighted by Gasteiger charge is 2.15. The lowest BCUT2D eigenvalue weighted by atomic mass is 10.2. The first-order valence-electron chi connectivity index (χ1n) is 5.32. The van der Waals surface area contributed by atoms with Gasteiger partial charge in [-0.05, 0) is 37.1 Å². The zero-order chi connectivity index (χ0) is 12.7. The summed E-state index contributed by atoms with van der Waals surface area (Å²) >= 11 is 9.80. The van der Waals surface area contributed by atoms with Gasteiger partial charge >= 0.3 is 5.69 Å². The van der Waals surface area contributed by atoms with Crippen LogP contribution in [0, 0.1) is 10.1 Å². The summed E-state index contributed by atoms with van der Waals surface area (Å²) in [6, 6.07) is 4.40. The SMILES string of the molecule is O=[N+]([O-])c1cc(Cl)ccc1OCCCCCS. The lowest BCUT2D eigenvalue weighted by Gasteiger charge is -2.06. The highest BCUT2D eigenvalue weighted by atomic mass is 35.5. The molecule has 0 aliphatic carbocycles. The van der Waals surface area contributed by atoms with Crippen LogP contribution in [0.3, 0.4) is 0 Å². The van der Waals surface area contributed by atoms with E-state index in [4.69, 9.17) is 16.3 Å². The summed E-state index contributed by atoms with van der Waals surface area (Å²) in [6.07, 6.45) is 2.89. The molecule has 0 aromatic heterocycles. The number of unbranched alkanes of at least 4 members (excludes halogenated alkanes) is 2. The van der Waals surface area contributed by atoms with E-state index in [9.17, 15) is 10.1 Å². The molecule has 0 N–H and O–H groups in total. The first-order chi connectivity index (χ1) is 8.15. The first-order valence-corrected chi connectivity index (χ1v) is 6.34. The van der Waals surface area contributed by atoms with E-state index < -0.39 is 4.92 Å². The topological polar surface area (TPSA) is 52.4 Å². The zero-order valence-corrected chi connectivity index (χ0v) is 10.9. The second kappa shape index (κ2) is 7.40. The van der Waals surface area contributed by atoms with E-state index in [2.05, 4.69) is 12.6 Å². The maximum atomic E-state index is 10.8. The molecule has 0 radical (unpaired) electrons. The van der Waals surface area contributed by atoms with Gasteiger partial charge in [0.25, 0.3) is 0 Å². The van der Waals surface area contributed by atoms with Crippen molar-refractivity contribution in [3.63, 3.8) is 0 Å². The predicted molar refractivity (Wildman–Crippen MR) is 71.3 cm³/mol. The van der Waals surface area contributed by atoms with E-state index in [1.807, 2.05) is 0 Å². The van der Waals surface area contributed by atoms with Crippen LogP contribution in [0.4, 0.5) is 5.69 Å². The number of nitro groups is 1. The second-order valence-electron chi connectivity index (χ2n) is 3.50. The molecule has 0 unspecified atom stereocenters. The minimum absolute atomic E-state index is 0.0910. The Morgan fingerprint density at radius 2 is 2.12 bits per heavy atom. The van der Waals surface area contributed by atoms with Crippen LogP contribution < -0.4 is 4.74 Å². The van der Waals surface area contributed by atoms with Crippen LogP contribution in [-0.4, -0.2) is 17.3 Å². The Kier molecular flexibility index (Phi) is 6.15. The average Bonchev–Trinajstić information content (AvgIpc) is 2.30. The molecule has 94 valence electrons. The van der Waals surface area contributed by atoms with Crippen molar-refractivity contribution in [2.45, 2.75) is 19.3 Å². The van der Waals surface area contributed by atoms with Crippen molar-refractivity contribution >= 4 is 29.9 Å². The number of thiol groups is 1. The van der Waals surface area contributed by atoms with Crippen molar-refractivity contribution < 1.29 is 9.66 Å². The molecular weight excluding hydrogens is 262 g/mol. The van der Waals surface area contributed by atoms with Gasteiger partial charge in [0.2, 0.25) is 0 Å². The Morgan fingerprint density at radius 3 is 2.76 bits per heavy atom. The fraction of sp³-hybridized carbons (Fsp3) is 0.455. The van der Waals surface area contributed by atoms with Gasteiger partial charge in [0.15, 0.2) is 5.75 Å². The van der Waals surface area contributed by atoms with Crippen LogP contribution in [0.15, 0.2) is 18.2 Å². The molecule has 0 atom stereocenters. The fourth-order valence-corrected chi connectivity index (χ4v) is 1.72. The number of halogens is 1. The third kappa shape index (κ3) is 4.83. The van der Waals surface area contributed by atoms with Gasteiger partial charge in [-0.1, -0.05) is 11.6 Å². The molecule has 4 nitrogen and oxygen atoms in total. The third-order valence-corrected chi connectivity index (χ3v) is 2.73. The molecule has 0 amide bonds. The number of benzene rings is 1. The van der Waals surface area contributed by atoms with Crippen molar-refractivity contribution in [2.75, 3.05) is 12.4 Å². The number of nitro benzene ring substituents is 1. The molecule has 6 heteroatoms. The van der Waals surface area contributed by atoms with Gasteiger partial charge < -0.3 is 4.74 Å². The van der Waals surface area contributed by atoms with E-state index in [0.29, 0.717) is 11.6 Å². The average molecular weight is 276 g/mol. The number of rotatable bonds is 7. The Balaban J connectivity index is 2.55. The summed E-state index contributed by atoms with van der Waals surface area (Å²) in [4.78, 5) is 10.3. The molecule has 0 saturated carbocycles. The molecule has 0 aliphatic heterocycles. The minimum Gasteiger partial charge on any atom is -0.487 e. The van der Waals surface area contributed by atoms with Crippen LogP contribution in [0.25, 0.3) is 0 Å². The zero-order valence-electron chi connectivity index (χ0n) is 9.26. The largest absolute Gasteiger partial charge is 0.487 e. The number of nitrogens with zero attached hydrogens (tertiary/aromatic N) is 1. The molecule has 0 bridgehead atoms. The van der Waals surface area contributed by atoms with E-state index in [0.717, 1.165) is 25.0 Å². The maximum Gasteiger partial charge on any atom is 0.312 e. The lowest BCUT2D eigenvalue weighted by molar-refractivity contribution is -0.385. The quantitative estimate of drug-likeness (QED) is 0.357. The van der Waals surface area contributed by atoms with E-state index >= 15 is 0 Å². The van der Waals surface area contributed by atoms with Gasteiger partial charge in [0.1, 0.15) is 0 Å². The van der Waals surface area contributed by atoms with E-state index in [1.165, 1.54) is 12.1 Å². The summed E-state index contributed by atoms with van der Waals surface area (Å²) in [5, 5.41) is 11.1. The Hall–Kier alpha value is -0.940. The summed E-state index contributed by atoms with van der Waals surface area (Å²) in [5.41, 5.74) is -0.0910. The molecule has 1 aromatic rings. The van der Waals surface area contributed by atoms with Gasteiger partial charge in [-0.25, -0.2) is 0 Å². The van der Waals surface area contributed by atoms with Gasteiger partial charge in [0.05, 0.1) is 11.5 Å². The van der Waals surface area contributed by atoms with Crippen LogP contribution in [-0.2, 0) is 0 Å². The summed E-state index contributed by atoms with van der Waals surface area (Å²) in [5.74, 6) is 1.12. The van der Waals surface area contributed by atoms with Crippen LogP contribution in [0.2, 0.25) is 5.02 Å². The third-order valence-electron chi connectivity index (χ3n) is 2.18. The van der Waals surface area contributed by atoms with Crippen LogP contribution in [0.5, 0.6) is 5.75 Å². The smallest absolute Gasteiger partial charge is 0.312 e. The van der Waals surface area contributed by atoms with Crippen molar-refractivity contribution in [3.05, 3.63) is 33.3 Å². The van der Waals surface area contributed by atoms with E-state index in [-0.39, 0.29) is 11.4 Å². The summed E-state index contributed by atoms with van der Waals surface area (Å²) < 4.78 is 5.37. The maximum absolute atomic E-state index is 10.8. The Bertz CT molecular complexity index is 387. The predicted octanol–water partition coefficient (Wildman–Crippen LogP) is 3.73. The molecule has 17 heavy (non-hydrogen) atoms. The highest BCUT2D eigenvalue weighted by molar-refractivity contribution is 7.80. The molecule has 0 saturated heterocycles. The minimum atomic E-state index is -0.491. The van der Waals surface area contributed by atoms with E-state index in [1.54, 1.807) is 6.07 Å². The molecule has 1 aromatic carbocycles. The molecule has 0 heterocycles.